The van der Waals surface area contributed by atoms with Crippen LogP contribution in [0.25, 0.3) is 0 Å². The fourth-order valence-electron chi connectivity index (χ4n) is 3.48. The molecule has 2 fully saturated rings. The van der Waals surface area contributed by atoms with Crippen LogP contribution in [0.4, 0.5) is 0 Å². The maximum Gasteiger partial charge on any atom is 0.184 e. The van der Waals surface area contributed by atoms with Crippen LogP contribution >= 0.6 is 0 Å². The van der Waals surface area contributed by atoms with Crippen molar-refractivity contribution in [2.24, 2.45) is 5.92 Å². The van der Waals surface area contributed by atoms with Gasteiger partial charge in [-0.2, -0.15) is 0 Å². The highest BCUT2D eigenvalue weighted by Crippen LogP contribution is 2.25. The van der Waals surface area contributed by atoms with Crippen molar-refractivity contribution >= 4 is 26.8 Å². The van der Waals surface area contributed by atoms with Gasteiger partial charge in [0.25, 0.3) is 0 Å². The molecule has 1 aliphatic heterocycles. The van der Waals surface area contributed by atoms with E-state index in [4.69, 9.17) is 0 Å². The molecule has 0 bridgehead atoms. The van der Waals surface area contributed by atoms with Crippen LogP contribution in [0, 0.1) is 12.8 Å². The highest BCUT2D eigenvalue weighted by Gasteiger charge is 2.29. The molecule has 0 spiro atoms. The molecule has 26 heavy (non-hydrogen) atoms. The number of ketones is 1. The van der Waals surface area contributed by atoms with Crippen LogP contribution in [0.5, 0.6) is 0 Å². The summed E-state index contributed by atoms with van der Waals surface area (Å²) in [7, 11) is -3.80. The Morgan fingerprint density at radius 3 is 2.08 bits per heavy atom. The molecule has 0 radical (unpaired) electrons. The van der Waals surface area contributed by atoms with Gasteiger partial charge in [0.15, 0.2) is 11.5 Å². The number of aryl methyl sites for hydroxylation is 1. The van der Waals surface area contributed by atoms with Gasteiger partial charge in [-0.3, -0.25) is 4.79 Å². The molecule has 1 aliphatic carbocycles. The summed E-state index contributed by atoms with van der Waals surface area (Å²) >= 11 is 0. The summed E-state index contributed by atoms with van der Waals surface area (Å²) in [5, 5.41) is 0. The van der Waals surface area contributed by atoms with E-state index in [1.54, 1.807) is 12.1 Å². The summed E-state index contributed by atoms with van der Waals surface area (Å²) in [6.45, 7) is 1.82. The van der Waals surface area contributed by atoms with E-state index in [-0.39, 0.29) is 4.90 Å². The monoisotopic (exact) mass is 398 g/mol. The molecule has 146 valence electrons. The Hall–Kier alpha value is -0.850. The van der Waals surface area contributed by atoms with E-state index in [0.717, 1.165) is 11.3 Å². The summed E-state index contributed by atoms with van der Waals surface area (Å²) in [6, 6.07) is 5.78. The van der Waals surface area contributed by atoms with Gasteiger partial charge in [0.05, 0.1) is 4.90 Å². The molecule has 6 heteroatoms. The van der Waals surface area contributed by atoms with E-state index in [1.807, 2.05) is 6.92 Å². The number of rotatable bonds is 4. The molecule has 1 aromatic rings. The van der Waals surface area contributed by atoms with E-state index in [2.05, 4.69) is 0 Å². The third kappa shape index (κ3) is 7.41. The molecule has 0 atom stereocenters. The average molecular weight is 399 g/mol. The first-order valence-electron chi connectivity index (χ1n) is 9.55. The molecule has 0 amide bonds. The van der Waals surface area contributed by atoms with E-state index in [1.165, 1.54) is 75.0 Å². The van der Waals surface area contributed by atoms with Gasteiger partial charge in [-0.15, -0.1) is 0 Å². The standard InChI is InChI=1S/C13H23OS.C7H8O3S/c14-13(12-7-3-1-4-8-12)11-15-9-5-2-6-10-15;1-6-2-4-7(5-3-6)11(8,9)10/h12H,1-11H2;2-5H,1H3,(H,8,9,10)/q+1;/p-1. The van der Waals surface area contributed by atoms with Gasteiger partial charge < -0.3 is 4.55 Å². The van der Waals surface area contributed by atoms with Crippen molar-refractivity contribution in [2.75, 3.05) is 17.3 Å². The minimum atomic E-state index is -4.27. The van der Waals surface area contributed by atoms with Crippen LogP contribution < -0.4 is 0 Å². The molecule has 0 N–H and O–H groups in total. The lowest BCUT2D eigenvalue weighted by molar-refractivity contribution is -0.121. The van der Waals surface area contributed by atoms with Gasteiger partial charge in [-0.05, 0) is 62.1 Å². The Labute approximate surface area is 160 Å². The van der Waals surface area contributed by atoms with Crippen molar-refractivity contribution in [3.8, 4) is 0 Å². The van der Waals surface area contributed by atoms with Gasteiger partial charge in [0.2, 0.25) is 0 Å². The molecule has 4 nitrogen and oxygen atoms in total. The third-order valence-corrected chi connectivity index (χ3v) is 8.36. The number of carbonyl (C=O) groups is 1. The molecule has 1 saturated carbocycles. The SMILES string of the molecule is Cc1ccc(S(=O)(=O)[O-])cc1.O=C(C[S+]1CCCCC1)C1CCCCC1. The molecular weight excluding hydrogens is 368 g/mol. The smallest absolute Gasteiger partial charge is 0.184 e. The summed E-state index contributed by atoms with van der Waals surface area (Å²) in [5.41, 5.74) is 0.928. The third-order valence-electron chi connectivity index (χ3n) is 5.08. The van der Waals surface area contributed by atoms with Crippen LogP contribution in [0.2, 0.25) is 0 Å². The normalized spacial score (nSPS) is 19.5. The lowest BCUT2D eigenvalue weighted by Gasteiger charge is -2.21. The van der Waals surface area contributed by atoms with Gasteiger partial charge in [-0.25, -0.2) is 8.42 Å². The molecule has 0 aromatic heterocycles. The number of hydrogen-bond acceptors (Lipinski definition) is 4. The molecular formula is C20H30O4S2. The van der Waals surface area contributed by atoms with Gasteiger partial charge in [0.1, 0.15) is 21.6 Å². The second-order valence-corrected chi connectivity index (χ2v) is 11.0. The topological polar surface area (TPSA) is 74.3 Å². The minimum Gasteiger partial charge on any atom is -0.744 e. The quantitative estimate of drug-likeness (QED) is 0.570. The Morgan fingerprint density at radius 1 is 1.00 bits per heavy atom. The van der Waals surface area contributed by atoms with Crippen molar-refractivity contribution in [2.45, 2.75) is 63.2 Å². The van der Waals surface area contributed by atoms with Crippen molar-refractivity contribution < 1.29 is 17.8 Å². The Morgan fingerprint density at radius 2 is 1.54 bits per heavy atom. The number of benzene rings is 1. The molecule has 3 rings (SSSR count). The molecule has 0 unspecified atom stereocenters. The zero-order chi connectivity index (χ0) is 19.0. The molecule has 2 aliphatic rings. The zero-order valence-electron chi connectivity index (χ0n) is 15.6. The van der Waals surface area contributed by atoms with Crippen LogP contribution in [0.3, 0.4) is 0 Å². The van der Waals surface area contributed by atoms with E-state index >= 15 is 0 Å². The summed E-state index contributed by atoms with van der Waals surface area (Å²) in [6.07, 6.45) is 10.5. The van der Waals surface area contributed by atoms with Crippen LogP contribution in [0.1, 0.15) is 56.9 Å². The van der Waals surface area contributed by atoms with Crippen molar-refractivity contribution in [3.05, 3.63) is 29.8 Å². The van der Waals surface area contributed by atoms with Gasteiger partial charge >= 0.3 is 0 Å². The largest absolute Gasteiger partial charge is 0.744 e. The lowest BCUT2D eigenvalue weighted by Crippen LogP contribution is -2.30. The second-order valence-electron chi connectivity index (χ2n) is 7.29. The maximum absolute atomic E-state index is 12.1. The summed E-state index contributed by atoms with van der Waals surface area (Å²) in [5.74, 6) is 4.69. The average Bonchev–Trinajstić information content (AvgIpc) is 2.63. The maximum atomic E-state index is 12.1. The predicted octanol–water partition coefficient (Wildman–Crippen LogP) is 3.84. The molecule has 1 aromatic carbocycles. The van der Waals surface area contributed by atoms with E-state index < -0.39 is 10.1 Å². The van der Waals surface area contributed by atoms with Crippen molar-refractivity contribution in [1.82, 2.24) is 0 Å². The van der Waals surface area contributed by atoms with Crippen LogP contribution in [0.15, 0.2) is 29.2 Å². The first kappa shape index (κ1) is 21.5. The fraction of sp³-hybridized carbons (Fsp3) is 0.650. The Bertz CT molecular complexity index is 656. The highest BCUT2D eigenvalue weighted by atomic mass is 32.2. The minimum absolute atomic E-state index is 0.178. The van der Waals surface area contributed by atoms with Crippen molar-refractivity contribution in [1.29, 1.82) is 0 Å². The first-order valence-corrected chi connectivity index (χ1v) is 12.7. The Kier molecular flexibility index (Phi) is 8.64. The van der Waals surface area contributed by atoms with E-state index in [9.17, 15) is 17.8 Å². The Balaban J connectivity index is 0.000000197. The first-order chi connectivity index (χ1) is 12.4. The number of carbonyl (C=O) groups excluding carboxylic acids is 1. The molecule has 1 heterocycles. The number of hydrogen-bond donors (Lipinski definition) is 0. The zero-order valence-corrected chi connectivity index (χ0v) is 17.2. The summed E-state index contributed by atoms with van der Waals surface area (Å²) in [4.78, 5) is 11.9. The molecule has 1 saturated heterocycles. The van der Waals surface area contributed by atoms with Crippen molar-refractivity contribution in [3.63, 3.8) is 0 Å². The van der Waals surface area contributed by atoms with Crippen LogP contribution in [-0.2, 0) is 25.8 Å². The number of Topliss-reactive ketones (excluding diaryl/α,β-unsaturated/α-hetero) is 1. The predicted molar refractivity (Wildman–Crippen MR) is 107 cm³/mol. The van der Waals surface area contributed by atoms with E-state index in [0.29, 0.717) is 22.6 Å². The summed E-state index contributed by atoms with van der Waals surface area (Å²) < 4.78 is 31.2. The van der Waals surface area contributed by atoms with Gasteiger partial charge in [0, 0.05) is 5.92 Å². The van der Waals surface area contributed by atoms with Gasteiger partial charge in [-0.1, -0.05) is 37.0 Å². The lowest BCUT2D eigenvalue weighted by atomic mass is 9.87. The fourth-order valence-corrected chi connectivity index (χ4v) is 6.31. The highest BCUT2D eigenvalue weighted by molar-refractivity contribution is 7.97. The second kappa shape index (κ2) is 10.5. The van der Waals surface area contributed by atoms with Crippen LogP contribution in [-0.4, -0.2) is 36.0 Å².